The first-order valence-corrected chi connectivity index (χ1v) is 6.56. The topological polar surface area (TPSA) is 29.3 Å². The first-order chi connectivity index (χ1) is 8.66. The Bertz CT molecular complexity index is 414. The Labute approximate surface area is 106 Å². The standard InChI is InChI=1S/C14H18F2N2/c15-14(16)10-3-1-9(2-4-10)13-12(17)7-8-18(13)11-5-6-11/h1-4,11-14H,5-8,17H2. The van der Waals surface area contributed by atoms with Crippen LogP contribution < -0.4 is 5.73 Å². The predicted octanol–water partition coefficient (Wildman–Crippen LogP) is 2.86. The van der Waals surface area contributed by atoms with Gasteiger partial charge in [0.15, 0.2) is 0 Å². The van der Waals surface area contributed by atoms with Crippen LogP contribution in [0.15, 0.2) is 24.3 Å². The van der Waals surface area contributed by atoms with E-state index in [1.54, 1.807) is 0 Å². The summed E-state index contributed by atoms with van der Waals surface area (Å²) in [4.78, 5) is 2.45. The number of hydrogen-bond donors (Lipinski definition) is 1. The Morgan fingerprint density at radius 3 is 2.33 bits per heavy atom. The maximum atomic E-state index is 12.5. The van der Waals surface area contributed by atoms with E-state index >= 15 is 0 Å². The summed E-state index contributed by atoms with van der Waals surface area (Å²) in [6.07, 6.45) is 1.10. The quantitative estimate of drug-likeness (QED) is 0.896. The van der Waals surface area contributed by atoms with Crippen LogP contribution in [0.25, 0.3) is 0 Å². The molecule has 1 aliphatic heterocycles. The summed E-state index contributed by atoms with van der Waals surface area (Å²) in [6, 6.07) is 7.68. The molecule has 2 nitrogen and oxygen atoms in total. The van der Waals surface area contributed by atoms with Crippen LogP contribution in [0.4, 0.5) is 8.78 Å². The van der Waals surface area contributed by atoms with Gasteiger partial charge in [-0.1, -0.05) is 24.3 Å². The SMILES string of the molecule is NC1CCN(C2CC2)C1c1ccc(C(F)F)cc1. The van der Waals surface area contributed by atoms with Crippen molar-refractivity contribution in [2.75, 3.05) is 6.54 Å². The van der Waals surface area contributed by atoms with Crippen LogP contribution in [-0.2, 0) is 0 Å². The third kappa shape index (κ3) is 2.15. The Kier molecular flexibility index (Phi) is 3.08. The molecule has 1 aliphatic carbocycles. The van der Waals surface area contributed by atoms with Crippen molar-refractivity contribution in [2.24, 2.45) is 5.73 Å². The molecule has 4 heteroatoms. The summed E-state index contributed by atoms with van der Waals surface area (Å²) >= 11 is 0. The fourth-order valence-electron chi connectivity index (χ4n) is 2.93. The summed E-state index contributed by atoms with van der Waals surface area (Å²) in [5.74, 6) is 0. The Hall–Kier alpha value is -1.00. The lowest BCUT2D eigenvalue weighted by Gasteiger charge is -2.27. The normalized spacial score (nSPS) is 29.1. The van der Waals surface area contributed by atoms with Gasteiger partial charge in [0.05, 0.1) is 6.04 Å². The van der Waals surface area contributed by atoms with Crippen molar-refractivity contribution in [3.63, 3.8) is 0 Å². The zero-order valence-electron chi connectivity index (χ0n) is 10.2. The number of nitrogens with zero attached hydrogens (tertiary/aromatic N) is 1. The van der Waals surface area contributed by atoms with E-state index in [1.807, 2.05) is 12.1 Å². The van der Waals surface area contributed by atoms with Crippen molar-refractivity contribution < 1.29 is 8.78 Å². The molecule has 2 N–H and O–H groups in total. The van der Waals surface area contributed by atoms with Crippen LogP contribution in [0.5, 0.6) is 0 Å². The maximum absolute atomic E-state index is 12.5. The van der Waals surface area contributed by atoms with Crippen molar-refractivity contribution >= 4 is 0 Å². The number of likely N-dealkylation sites (tertiary alicyclic amines) is 1. The summed E-state index contributed by atoms with van der Waals surface area (Å²) in [5, 5.41) is 0. The number of nitrogens with two attached hydrogens (primary N) is 1. The van der Waals surface area contributed by atoms with E-state index in [9.17, 15) is 8.78 Å². The highest BCUT2D eigenvalue weighted by Gasteiger charge is 2.41. The third-order valence-corrected chi connectivity index (χ3v) is 4.03. The summed E-state index contributed by atoms with van der Waals surface area (Å²) < 4.78 is 25.1. The molecular weight excluding hydrogens is 234 g/mol. The molecule has 1 aromatic rings. The summed E-state index contributed by atoms with van der Waals surface area (Å²) in [6.45, 7) is 1.03. The fourth-order valence-corrected chi connectivity index (χ4v) is 2.93. The van der Waals surface area contributed by atoms with Gasteiger partial charge in [-0.2, -0.15) is 0 Å². The number of hydrogen-bond acceptors (Lipinski definition) is 2. The van der Waals surface area contributed by atoms with Crippen molar-refractivity contribution in [1.29, 1.82) is 0 Å². The maximum Gasteiger partial charge on any atom is 0.263 e. The number of benzene rings is 1. The molecule has 1 aromatic carbocycles. The van der Waals surface area contributed by atoms with Gasteiger partial charge in [-0.25, -0.2) is 8.78 Å². The van der Waals surface area contributed by atoms with Crippen LogP contribution in [0.2, 0.25) is 0 Å². The van der Waals surface area contributed by atoms with Crippen LogP contribution in [-0.4, -0.2) is 23.5 Å². The molecule has 2 atom stereocenters. The summed E-state index contributed by atoms with van der Waals surface area (Å²) in [5.41, 5.74) is 7.34. The van der Waals surface area contributed by atoms with E-state index in [2.05, 4.69) is 4.90 Å². The van der Waals surface area contributed by atoms with Gasteiger partial charge in [-0.3, -0.25) is 4.90 Å². The smallest absolute Gasteiger partial charge is 0.263 e. The second kappa shape index (κ2) is 4.59. The zero-order chi connectivity index (χ0) is 12.7. The van der Waals surface area contributed by atoms with Gasteiger partial charge >= 0.3 is 0 Å². The van der Waals surface area contributed by atoms with Crippen LogP contribution >= 0.6 is 0 Å². The first-order valence-electron chi connectivity index (χ1n) is 6.56. The van der Waals surface area contributed by atoms with Crippen LogP contribution in [0, 0.1) is 0 Å². The molecule has 0 bridgehead atoms. The Morgan fingerprint density at radius 2 is 1.78 bits per heavy atom. The number of halogens is 2. The van der Waals surface area contributed by atoms with E-state index < -0.39 is 6.43 Å². The Morgan fingerprint density at radius 1 is 1.11 bits per heavy atom. The molecule has 0 radical (unpaired) electrons. The van der Waals surface area contributed by atoms with Gasteiger partial charge in [-0.15, -0.1) is 0 Å². The highest BCUT2D eigenvalue weighted by molar-refractivity contribution is 5.28. The van der Waals surface area contributed by atoms with Crippen molar-refractivity contribution in [3.05, 3.63) is 35.4 Å². The van der Waals surface area contributed by atoms with Gasteiger partial charge in [0, 0.05) is 24.2 Å². The molecule has 0 amide bonds. The van der Waals surface area contributed by atoms with Crippen molar-refractivity contribution in [1.82, 2.24) is 4.90 Å². The minimum Gasteiger partial charge on any atom is -0.326 e. The molecule has 0 spiro atoms. The fraction of sp³-hybridized carbons (Fsp3) is 0.571. The van der Waals surface area contributed by atoms with Gasteiger partial charge in [0.2, 0.25) is 0 Å². The number of alkyl halides is 2. The van der Waals surface area contributed by atoms with Crippen LogP contribution in [0.3, 0.4) is 0 Å². The molecule has 98 valence electrons. The molecule has 2 aliphatic rings. The minimum atomic E-state index is -2.39. The number of rotatable bonds is 3. The molecule has 2 unspecified atom stereocenters. The average molecular weight is 252 g/mol. The lowest BCUT2D eigenvalue weighted by molar-refractivity contribution is 0.151. The molecule has 1 saturated heterocycles. The zero-order valence-corrected chi connectivity index (χ0v) is 10.2. The lowest BCUT2D eigenvalue weighted by Crippen LogP contribution is -2.33. The van der Waals surface area contributed by atoms with Crippen molar-refractivity contribution in [2.45, 2.75) is 43.8 Å². The largest absolute Gasteiger partial charge is 0.326 e. The van der Waals surface area contributed by atoms with Gasteiger partial charge < -0.3 is 5.73 Å². The molecular formula is C14H18F2N2. The van der Waals surface area contributed by atoms with E-state index in [0.29, 0.717) is 6.04 Å². The molecule has 1 saturated carbocycles. The molecule has 3 rings (SSSR count). The molecule has 1 heterocycles. The third-order valence-electron chi connectivity index (χ3n) is 4.03. The Balaban J connectivity index is 1.83. The van der Waals surface area contributed by atoms with Crippen molar-refractivity contribution in [3.8, 4) is 0 Å². The van der Waals surface area contributed by atoms with Gasteiger partial charge in [-0.05, 0) is 24.8 Å². The van der Waals surface area contributed by atoms with E-state index in [0.717, 1.165) is 18.5 Å². The minimum absolute atomic E-state index is 0.0864. The van der Waals surface area contributed by atoms with Gasteiger partial charge in [0.1, 0.15) is 0 Å². The first kappa shape index (κ1) is 12.1. The highest BCUT2D eigenvalue weighted by atomic mass is 19.3. The molecule has 18 heavy (non-hydrogen) atoms. The van der Waals surface area contributed by atoms with E-state index in [4.69, 9.17) is 5.73 Å². The monoisotopic (exact) mass is 252 g/mol. The molecule has 2 fully saturated rings. The predicted molar refractivity (Wildman–Crippen MR) is 66.5 cm³/mol. The van der Waals surface area contributed by atoms with Crippen LogP contribution in [0.1, 0.15) is 42.9 Å². The summed E-state index contributed by atoms with van der Waals surface area (Å²) in [7, 11) is 0. The second-order valence-electron chi connectivity index (χ2n) is 5.33. The molecule has 0 aromatic heterocycles. The lowest BCUT2D eigenvalue weighted by atomic mass is 9.99. The van der Waals surface area contributed by atoms with E-state index in [-0.39, 0.29) is 17.6 Å². The highest BCUT2D eigenvalue weighted by Crippen LogP contribution is 2.40. The second-order valence-corrected chi connectivity index (χ2v) is 5.33. The van der Waals surface area contributed by atoms with Gasteiger partial charge in [0.25, 0.3) is 6.43 Å². The average Bonchev–Trinajstić information content (AvgIpc) is 3.13. The van der Waals surface area contributed by atoms with E-state index in [1.165, 1.54) is 25.0 Å².